The molecule has 1 N–H and O–H groups in total. The van der Waals surface area contributed by atoms with Gasteiger partial charge in [-0.1, -0.05) is 6.92 Å². The van der Waals surface area contributed by atoms with E-state index in [2.05, 4.69) is 18.3 Å². The highest BCUT2D eigenvalue weighted by Gasteiger charge is 2.39. The second-order valence-corrected chi connectivity index (χ2v) is 3.82. The van der Waals surface area contributed by atoms with Gasteiger partial charge in [-0.05, 0) is 44.0 Å². The van der Waals surface area contributed by atoms with Gasteiger partial charge in [-0.25, -0.2) is 0 Å². The molecule has 1 heterocycles. The molecule has 0 radical (unpaired) electrons. The lowest BCUT2D eigenvalue weighted by atomic mass is 10.2. The fourth-order valence-electron chi connectivity index (χ4n) is 1.79. The Morgan fingerprint density at radius 2 is 2.54 bits per heavy atom. The summed E-state index contributed by atoms with van der Waals surface area (Å²) in [6, 6.07) is 4.06. The molecule has 1 aromatic heterocycles. The van der Waals surface area contributed by atoms with Crippen LogP contribution in [0.15, 0.2) is 22.8 Å². The zero-order valence-corrected chi connectivity index (χ0v) is 8.12. The van der Waals surface area contributed by atoms with Gasteiger partial charge in [-0.3, -0.25) is 0 Å². The molecule has 2 heteroatoms. The third kappa shape index (κ3) is 2.13. The molecule has 2 unspecified atom stereocenters. The summed E-state index contributed by atoms with van der Waals surface area (Å²) >= 11 is 0. The standard InChI is InChI=1S/C11H17NO/c1-2-5-12-8-9-7-10(9)11-4-3-6-13-11/h3-4,6,9-10,12H,2,5,7-8H2,1H3. The predicted molar refractivity (Wildman–Crippen MR) is 52.7 cm³/mol. The minimum atomic E-state index is 0.694. The quantitative estimate of drug-likeness (QED) is 0.702. The molecule has 72 valence electrons. The first-order chi connectivity index (χ1) is 6.42. The summed E-state index contributed by atoms with van der Waals surface area (Å²) in [6.07, 6.45) is 4.28. The van der Waals surface area contributed by atoms with E-state index in [1.807, 2.05) is 6.07 Å². The molecule has 2 rings (SSSR count). The lowest BCUT2D eigenvalue weighted by molar-refractivity contribution is 0.498. The van der Waals surface area contributed by atoms with Crippen LogP contribution in [0.1, 0.15) is 31.4 Å². The van der Waals surface area contributed by atoms with Gasteiger partial charge in [-0.15, -0.1) is 0 Å². The highest BCUT2D eigenvalue weighted by Crippen LogP contribution is 2.46. The molecule has 2 nitrogen and oxygen atoms in total. The van der Waals surface area contributed by atoms with E-state index >= 15 is 0 Å². The Morgan fingerprint density at radius 1 is 1.62 bits per heavy atom. The maximum Gasteiger partial charge on any atom is 0.107 e. The van der Waals surface area contributed by atoms with Crippen molar-refractivity contribution in [1.82, 2.24) is 5.32 Å². The van der Waals surface area contributed by atoms with Crippen LogP contribution in [0.5, 0.6) is 0 Å². The first-order valence-electron chi connectivity index (χ1n) is 5.16. The molecule has 0 aromatic carbocycles. The molecule has 1 saturated carbocycles. The molecule has 0 amide bonds. The maximum absolute atomic E-state index is 5.37. The number of rotatable bonds is 5. The molecule has 0 bridgehead atoms. The van der Waals surface area contributed by atoms with Crippen LogP contribution >= 0.6 is 0 Å². The molecule has 1 fully saturated rings. The predicted octanol–water partition coefficient (Wildman–Crippen LogP) is 2.38. The largest absolute Gasteiger partial charge is 0.469 e. The normalized spacial score (nSPS) is 26.2. The lowest BCUT2D eigenvalue weighted by Gasteiger charge is -2.00. The Balaban J connectivity index is 1.71. The minimum Gasteiger partial charge on any atom is -0.469 e. The van der Waals surface area contributed by atoms with Crippen molar-refractivity contribution in [2.45, 2.75) is 25.7 Å². The molecule has 0 aliphatic heterocycles. The van der Waals surface area contributed by atoms with Crippen molar-refractivity contribution in [1.29, 1.82) is 0 Å². The van der Waals surface area contributed by atoms with Crippen LogP contribution < -0.4 is 5.32 Å². The summed E-state index contributed by atoms with van der Waals surface area (Å²) < 4.78 is 5.37. The first kappa shape index (κ1) is 8.82. The van der Waals surface area contributed by atoms with E-state index in [0.717, 1.165) is 19.0 Å². The molecular weight excluding hydrogens is 162 g/mol. The summed E-state index contributed by atoms with van der Waals surface area (Å²) in [5, 5.41) is 3.45. The maximum atomic E-state index is 5.37. The average Bonchev–Trinajstić information content (AvgIpc) is 2.72. The van der Waals surface area contributed by atoms with Gasteiger partial charge in [-0.2, -0.15) is 0 Å². The highest BCUT2D eigenvalue weighted by atomic mass is 16.3. The van der Waals surface area contributed by atoms with Crippen LogP contribution in [-0.2, 0) is 0 Å². The summed E-state index contributed by atoms with van der Waals surface area (Å²) in [4.78, 5) is 0. The Kier molecular flexibility index (Phi) is 2.69. The van der Waals surface area contributed by atoms with Gasteiger partial charge in [0, 0.05) is 5.92 Å². The second kappa shape index (κ2) is 3.97. The molecule has 13 heavy (non-hydrogen) atoms. The fourth-order valence-corrected chi connectivity index (χ4v) is 1.79. The van der Waals surface area contributed by atoms with Crippen LogP contribution in [0.2, 0.25) is 0 Å². The van der Waals surface area contributed by atoms with Crippen LogP contribution in [-0.4, -0.2) is 13.1 Å². The SMILES string of the molecule is CCCNCC1CC1c1ccco1. The van der Waals surface area contributed by atoms with E-state index in [-0.39, 0.29) is 0 Å². The Bertz CT molecular complexity index is 243. The molecule has 1 aliphatic carbocycles. The summed E-state index contributed by atoms with van der Waals surface area (Å²) in [5.74, 6) is 2.68. The van der Waals surface area contributed by atoms with Gasteiger partial charge < -0.3 is 9.73 Å². The van der Waals surface area contributed by atoms with E-state index in [9.17, 15) is 0 Å². The fraction of sp³-hybridized carbons (Fsp3) is 0.636. The topological polar surface area (TPSA) is 25.2 Å². The summed E-state index contributed by atoms with van der Waals surface area (Å²) in [5.41, 5.74) is 0. The van der Waals surface area contributed by atoms with Crippen LogP contribution in [0.4, 0.5) is 0 Å². The first-order valence-corrected chi connectivity index (χ1v) is 5.16. The minimum absolute atomic E-state index is 0.694. The third-order valence-electron chi connectivity index (χ3n) is 2.66. The van der Waals surface area contributed by atoms with Gasteiger partial charge in [0.15, 0.2) is 0 Å². The summed E-state index contributed by atoms with van der Waals surface area (Å²) in [6.45, 7) is 4.49. The van der Waals surface area contributed by atoms with E-state index in [1.54, 1.807) is 6.26 Å². The van der Waals surface area contributed by atoms with E-state index in [0.29, 0.717) is 5.92 Å². The van der Waals surface area contributed by atoms with Gasteiger partial charge in [0.05, 0.1) is 6.26 Å². The number of hydrogen-bond donors (Lipinski definition) is 1. The van der Waals surface area contributed by atoms with Crippen LogP contribution in [0.3, 0.4) is 0 Å². The molecule has 1 aromatic rings. The smallest absolute Gasteiger partial charge is 0.107 e. The van der Waals surface area contributed by atoms with Crippen molar-refractivity contribution >= 4 is 0 Å². The molecule has 1 aliphatic rings. The zero-order chi connectivity index (χ0) is 9.10. The van der Waals surface area contributed by atoms with Crippen LogP contribution in [0, 0.1) is 5.92 Å². The second-order valence-electron chi connectivity index (χ2n) is 3.82. The zero-order valence-electron chi connectivity index (χ0n) is 8.12. The van der Waals surface area contributed by atoms with Gasteiger partial charge in [0.1, 0.15) is 5.76 Å². The number of nitrogens with one attached hydrogen (secondary N) is 1. The Labute approximate surface area is 79.3 Å². The van der Waals surface area contributed by atoms with Gasteiger partial charge in [0.25, 0.3) is 0 Å². The lowest BCUT2D eigenvalue weighted by Crippen LogP contribution is -2.17. The number of hydrogen-bond acceptors (Lipinski definition) is 2. The molecular formula is C11H17NO. The highest BCUT2D eigenvalue weighted by molar-refractivity contribution is 5.15. The van der Waals surface area contributed by atoms with Gasteiger partial charge >= 0.3 is 0 Å². The van der Waals surface area contributed by atoms with Crippen molar-refractivity contribution in [3.8, 4) is 0 Å². The molecule has 0 saturated heterocycles. The van der Waals surface area contributed by atoms with E-state index in [1.165, 1.54) is 18.6 Å². The summed E-state index contributed by atoms with van der Waals surface area (Å²) in [7, 11) is 0. The Hall–Kier alpha value is -0.760. The van der Waals surface area contributed by atoms with Crippen molar-refractivity contribution in [3.05, 3.63) is 24.2 Å². The van der Waals surface area contributed by atoms with Crippen LogP contribution in [0.25, 0.3) is 0 Å². The molecule has 0 spiro atoms. The Morgan fingerprint density at radius 3 is 3.23 bits per heavy atom. The van der Waals surface area contributed by atoms with Crippen molar-refractivity contribution < 1.29 is 4.42 Å². The van der Waals surface area contributed by atoms with Gasteiger partial charge in [0.2, 0.25) is 0 Å². The monoisotopic (exact) mass is 179 g/mol. The third-order valence-corrected chi connectivity index (χ3v) is 2.66. The van der Waals surface area contributed by atoms with E-state index in [4.69, 9.17) is 4.42 Å². The van der Waals surface area contributed by atoms with Crippen molar-refractivity contribution in [2.24, 2.45) is 5.92 Å². The number of furan rings is 1. The average molecular weight is 179 g/mol. The van der Waals surface area contributed by atoms with E-state index < -0.39 is 0 Å². The van der Waals surface area contributed by atoms with Crippen molar-refractivity contribution in [2.75, 3.05) is 13.1 Å². The van der Waals surface area contributed by atoms with Crippen molar-refractivity contribution in [3.63, 3.8) is 0 Å². The molecule has 2 atom stereocenters.